The van der Waals surface area contributed by atoms with Crippen LogP contribution >= 0.6 is 0 Å². The van der Waals surface area contributed by atoms with Gasteiger partial charge in [0.2, 0.25) is 5.88 Å². The molecule has 30 heavy (non-hydrogen) atoms. The maximum absolute atomic E-state index is 14.8. The molecule has 0 amide bonds. The van der Waals surface area contributed by atoms with Crippen LogP contribution in [-0.4, -0.2) is 40.7 Å². The highest BCUT2D eigenvalue weighted by Gasteiger charge is 2.25. The highest BCUT2D eigenvalue weighted by molar-refractivity contribution is 5.67. The molecule has 1 fully saturated rings. The Hall–Kier alpha value is -2.77. The Balaban J connectivity index is 1.71. The van der Waals surface area contributed by atoms with Gasteiger partial charge in [-0.2, -0.15) is 0 Å². The third-order valence-electron chi connectivity index (χ3n) is 5.32. The van der Waals surface area contributed by atoms with Gasteiger partial charge in [0.1, 0.15) is 17.3 Å². The van der Waals surface area contributed by atoms with Crippen LogP contribution < -0.4 is 9.64 Å². The summed E-state index contributed by atoms with van der Waals surface area (Å²) in [5.41, 5.74) is 0.556. The van der Waals surface area contributed by atoms with Crippen molar-refractivity contribution in [1.29, 1.82) is 0 Å². The summed E-state index contributed by atoms with van der Waals surface area (Å²) in [4.78, 5) is 20.9. The molecule has 162 valence electrons. The van der Waals surface area contributed by atoms with Gasteiger partial charge < -0.3 is 14.7 Å². The highest BCUT2D eigenvalue weighted by atomic mass is 19.1. The van der Waals surface area contributed by atoms with Gasteiger partial charge in [0.25, 0.3) is 0 Å². The molecule has 3 rings (SSSR count). The van der Waals surface area contributed by atoms with Crippen LogP contribution in [0.4, 0.5) is 14.5 Å². The summed E-state index contributed by atoms with van der Waals surface area (Å²) in [5, 5.41) is 8.91. The Morgan fingerprint density at radius 2 is 1.90 bits per heavy atom. The number of benzene rings is 1. The van der Waals surface area contributed by atoms with Crippen LogP contribution in [0.5, 0.6) is 5.88 Å². The van der Waals surface area contributed by atoms with Crippen LogP contribution in [0, 0.1) is 17.6 Å². The van der Waals surface area contributed by atoms with E-state index >= 15 is 0 Å². The molecule has 1 N–H and O–H groups in total. The zero-order chi connectivity index (χ0) is 21.5. The van der Waals surface area contributed by atoms with E-state index in [4.69, 9.17) is 9.84 Å². The number of anilines is 1. The number of unbranched alkanes of at least 4 members (excludes halogenated alkanes) is 2. The molecule has 0 bridgehead atoms. The van der Waals surface area contributed by atoms with E-state index in [9.17, 15) is 13.6 Å². The van der Waals surface area contributed by atoms with Crippen LogP contribution in [0.1, 0.15) is 45.4 Å². The molecule has 1 aromatic carbocycles. The predicted octanol–water partition coefficient (Wildman–Crippen LogP) is 4.68. The molecule has 8 heteroatoms. The molecule has 0 radical (unpaired) electrons. The van der Waals surface area contributed by atoms with Gasteiger partial charge in [-0.05, 0) is 37.3 Å². The first-order valence-electron chi connectivity index (χ1n) is 10.4. The van der Waals surface area contributed by atoms with Crippen molar-refractivity contribution in [3.8, 4) is 17.1 Å². The quantitative estimate of drug-likeness (QED) is 0.595. The average Bonchev–Trinajstić information content (AvgIpc) is 2.72. The van der Waals surface area contributed by atoms with Crippen molar-refractivity contribution >= 4 is 11.7 Å². The number of carboxylic acid groups (broad SMARTS) is 1. The van der Waals surface area contributed by atoms with E-state index in [1.165, 1.54) is 24.5 Å². The second kappa shape index (κ2) is 10.3. The van der Waals surface area contributed by atoms with Gasteiger partial charge in [-0.3, -0.25) is 9.78 Å². The smallest absolute Gasteiger partial charge is 0.303 e. The number of hydrogen-bond acceptors (Lipinski definition) is 5. The Morgan fingerprint density at radius 3 is 2.53 bits per heavy atom. The van der Waals surface area contributed by atoms with Crippen molar-refractivity contribution in [2.24, 2.45) is 5.92 Å². The summed E-state index contributed by atoms with van der Waals surface area (Å²) in [6.07, 6.45) is 7.25. The number of piperidine rings is 1. The third kappa shape index (κ3) is 5.64. The topological polar surface area (TPSA) is 75.5 Å². The van der Waals surface area contributed by atoms with Crippen LogP contribution in [0.2, 0.25) is 0 Å². The number of aromatic nitrogens is 2. The van der Waals surface area contributed by atoms with E-state index in [2.05, 4.69) is 16.9 Å². The second-order valence-electron chi connectivity index (χ2n) is 7.61. The summed E-state index contributed by atoms with van der Waals surface area (Å²) >= 11 is 0. The van der Waals surface area contributed by atoms with Gasteiger partial charge in [-0.25, -0.2) is 13.8 Å². The van der Waals surface area contributed by atoms with E-state index in [0.717, 1.165) is 19.3 Å². The standard InChI is InChI=1S/C22H27F2N3O3/c1-2-3-4-9-30-20-14-25-13-19(26-20)16-11-17(23)22(18(24)12-16)27-7-5-15(6-8-27)10-21(28)29/h11-15H,2-10H2,1H3,(H,28,29). The lowest BCUT2D eigenvalue weighted by Gasteiger charge is -2.33. The van der Waals surface area contributed by atoms with Gasteiger partial charge in [0.15, 0.2) is 0 Å². The van der Waals surface area contributed by atoms with E-state index in [1.54, 1.807) is 4.90 Å². The number of nitrogens with zero attached hydrogens (tertiary/aromatic N) is 3. The molecule has 0 unspecified atom stereocenters. The Bertz CT molecular complexity index is 847. The number of rotatable bonds is 9. The molecule has 1 aliphatic heterocycles. The summed E-state index contributed by atoms with van der Waals surface area (Å²) in [6.45, 7) is 3.47. The number of halogens is 2. The normalized spacial score (nSPS) is 14.7. The van der Waals surface area contributed by atoms with Gasteiger partial charge in [-0.15, -0.1) is 0 Å². The third-order valence-corrected chi connectivity index (χ3v) is 5.32. The van der Waals surface area contributed by atoms with Crippen LogP contribution in [0.15, 0.2) is 24.5 Å². The van der Waals surface area contributed by atoms with Crippen molar-refractivity contribution in [2.75, 3.05) is 24.6 Å². The minimum Gasteiger partial charge on any atom is -0.481 e. The molecule has 1 aromatic heterocycles. The van der Waals surface area contributed by atoms with Crippen LogP contribution in [0.3, 0.4) is 0 Å². The van der Waals surface area contributed by atoms with E-state index in [0.29, 0.717) is 49.7 Å². The number of aliphatic carboxylic acids is 1. The van der Waals surface area contributed by atoms with Gasteiger partial charge in [0, 0.05) is 25.1 Å². The molecule has 0 aliphatic carbocycles. The van der Waals surface area contributed by atoms with Crippen LogP contribution in [0.25, 0.3) is 11.3 Å². The Labute approximate surface area is 174 Å². The summed E-state index contributed by atoms with van der Waals surface area (Å²) in [6, 6.07) is 2.51. The first kappa shape index (κ1) is 21.9. The fourth-order valence-corrected chi connectivity index (χ4v) is 3.71. The largest absolute Gasteiger partial charge is 0.481 e. The van der Waals surface area contributed by atoms with E-state index in [1.807, 2.05) is 0 Å². The molecule has 2 aromatic rings. The van der Waals surface area contributed by atoms with Gasteiger partial charge >= 0.3 is 5.97 Å². The fraction of sp³-hybridized carbons (Fsp3) is 0.500. The molecular formula is C22H27F2N3O3. The zero-order valence-electron chi connectivity index (χ0n) is 17.1. The lowest BCUT2D eigenvalue weighted by Crippen LogP contribution is -2.35. The molecule has 1 saturated heterocycles. The van der Waals surface area contributed by atoms with Crippen molar-refractivity contribution < 1.29 is 23.4 Å². The molecule has 0 saturated carbocycles. The first-order valence-corrected chi connectivity index (χ1v) is 10.4. The summed E-state index contributed by atoms with van der Waals surface area (Å²) in [7, 11) is 0. The van der Waals surface area contributed by atoms with Crippen LogP contribution in [-0.2, 0) is 4.79 Å². The monoisotopic (exact) mass is 419 g/mol. The molecular weight excluding hydrogens is 392 g/mol. The molecule has 2 heterocycles. The maximum Gasteiger partial charge on any atom is 0.303 e. The van der Waals surface area contributed by atoms with E-state index < -0.39 is 17.6 Å². The Kier molecular flexibility index (Phi) is 7.54. The summed E-state index contributed by atoms with van der Waals surface area (Å²) < 4.78 is 35.2. The summed E-state index contributed by atoms with van der Waals surface area (Å²) in [5.74, 6) is -1.81. The molecule has 1 aliphatic rings. The van der Waals surface area contributed by atoms with Crippen molar-refractivity contribution in [2.45, 2.75) is 45.4 Å². The lowest BCUT2D eigenvalue weighted by atomic mass is 9.93. The second-order valence-corrected chi connectivity index (χ2v) is 7.61. The average molecular weight is 419 g/mol. The predicted molar refractivity (Wildman–Crippen MR) is 110 cm³/mol. The van der Waals surface area contributed by atoms with E-state index in [-0.39, 0.29) is 18.0 Å². The number of carbonyl (C=O) groups is 1. The SMILES string of the molecule is CCCCCOc1cncc(-c2cc(F)c(N3CCC(CC(=O)O)CC3)c(F)c2)n1. The molecule has 0 spiro atoms. The number of carboxylic acids is 1. The zero-order valence-corrected chi connectivity index (χ0v) is 17.1. The maximum atomic E-state index is 14.8. The number of hydrogen-bond donors (Lipinski definition) is 1. The molecule has 6 nitrogen and oxygen atoms in total. The van der Waals surface area contributed by atoms with Gasteiger partial charge in [0.05, 0.1) is 24.7 Å². The fourth-order valence-electron chi connectivity index (χ4n) is 3.71. The van der Waals surface area contributed by atoms with Crippen molar-refractivity contribution in [1.82, 2.24) is 9.97 Å². The number of ether oxygens (including phenoxy) is 1. The van der Waals surface area contributed by atoms with Crippen molar-refractivity contribution in [3.05, 3.63) is 36.2 Å². The highest BCUT2D eigenvalue weighted by Crippen LogP contribution is 2.32. The molecule has 0 atom stereocenters. The minimum absolute atomic E-state index is 0.0412. The minimum atomic E-state index is -0.840. The van der Waals surface area contributed by atoms with Gasteiger partial charge in [-0.1, -0.05) is 19.8 Å². The first-order chi connectivity index (χ1) is 14.5. The lowest BCUT2D eigenvalue weighted by molar-refractivity contribution is -0.138. The van der Waals surface area contributed by atoms with Crippen molar-refractivity contribution in [3.63, 3.8) is 0 Å². The Morgan fingerprint density at radius 1 is 1.20 bits per heavy atom.